The summed E-state index contributed by atoms with van der Waals surface area (Å²) < 4.78 is 1.92. The molecule has 0 unspecified atom stereocenters. The molecule has 108 valence electrons. The molecule has 8 nitrogen and oxygen atoms in total. The van der Waals surface area contributed by atoms with Gasteiger partial charge in [-0.2, -0.15) is 5.10 Å². The van der Waals surface area contributed by atoms with E-state index in [0.717, 1.165) is 22.6 Å². The van der Waals surface area contributed by atoms with Crippen LogP contribution in [-0.4, -0.2) is 37.2 Å². The number of fused-ring (bicyclic) bond motifs is 1. The van der Waals surface area contributed by atoms with E-state index in [9.17, 15) is 4.79 Å². The third-order valence-corrected chi connectivity index (χ3v) is 3.14. The number of nitrogens with one attached hydrogen (secondary N) is 3. The van der Waals surface area contributed by atoms with E-state index in [1.807, 2.05) is 35.7 Å². The normalized spacial score (nSPS) is 10.8. The molecular formula is C13H14N6O2. The van der Waals surface area contributed by atoms with Crippen LogP contribution in [0.1, 0.15) is 5.56 Å². The van der Waals surface area contributed by atoms with Gasteiger partial charge in [0, 0.05) is 12.4 Å². The zero-order chi connectivity index (χ0) is 14.8. The Hall–Kier alpha value is -2.87. The second-order valence-electron chi connectivity index (χ2n) is 4.55. The number of hydrogen-bond donors (Lipinski definition) is 4. The number of hydroxylamine groups is 1. The number of hydrogen-bond acceptors (Lipinski definition) is 5. The number of carbonyl (C=O) groups is 1. The number of aromatic nitrogens is 4. The lowest BCUT2D eigenvalue weighted by Crippen LogP contribution is -2.26. The quantitative estimate of drug-likeness (QED) is 0.422. The highest BCUT2D eigenvalue weighted by molar-refractivity contribution is 5.82. The number of amides is 1. The molecule has 0 spiro atoms. The molecule has 0 atom stereocenters. The summed E-state index contributed by atoms with van der Waals surface area (Å²) in [6.45, 7) is 1.88. The van der Waals surface area contributed by atoms with Gasteiger partial charge < -0.3 is 5.32 Å². The highest BCUT2D eigenvalue weighted by Gasteiger charge is 2.16. The van der Waals surface area contributed by atoms with Crippen LogP contribution in [0.2, 0.25) is 0 Å². The molecule has 0 fully saturated rings. The minimum atomic E-state index is -0.542. The van der Waals surface area contributed by atoms with Crippen molar-refractivity contribution in [2.24, 2.45) is 0 Å². The lowest BCUT2D eigenvalue weighted by molar-refractivity contribution is -0.127. The number of anilines is 1. The number of H-pyrrole nitrogens is 1. The molecule has 0 aliphatic rings. The maximum atomic E-state index is 11.2. The molecule has 3 rings (SSSR count). The second kappa shape index (κ2) is 5.25. The molecule has 8 heteroatoms. The van der Waals surface area contributed by atoms with E-state index in [2.05, 4.69) is 20.5 Å². The number of aryl methyl sites for hydroxylation is 1. The maximum Gasteiger partial charge on any atom is 0.262 e. The molecule has 0 aliphatic carbocycles. The molecular weight excluding hydrogens is 272 g/mol. The van der Waals surface area contributed by atoms with E-state index >= 15 is 0 Å². The molecule has 0 aliphatic heterocycles. The molecule has 3 aromatic heterocycles. The largest absolute Gasteiger partial charge is 0.359 e. The van der Waals surface area contributed by atoms with E-state index in [-0.39, 0.29) is 6.54 Å². The van der Waals surface area contributed by atoms with Crippen LogP contribution >= 0.6 is 0 Å². The highest BCUT2D eigenvalue weighted by Crippen LogP contribution is 2.28. The van der Waals surface area contributed by atoms with Gasteiger partial charge in [0.15, 0.2) is 5.82 Å². The fourth-order valence-corrected chi connectivity index (χ4v) is 2.18. The lowest BCUT2D eigenvalue weighted by Gasteiger charge is -2.05. The van der Waals surface area contributed by atoms with E-state index in [4.69, 9.17) is 5.21 Å². The van der Waals surface area contributed by atoms with Crippen LogP contribution in [0.4, 0.5) is 5.82 Å². The molecule has 1 amide bonds. The summed E-state index contributed by atoms with van der Waals surface area (Å²) in [6, 6.07) is 5.71. The average molecular weight is 286 g/mol. The van der Waals surface area contributed by atoms with Gasteiger partial charge in [-0.3, -0.25) is 19.5 Å². The summed E-state index contributed by atoms with van der Waals surface area (Å²) in [6.07, 6.45) is 3.54. The summed E-state index contributed by atoms with van der Waals surface area (Å²) in [4.78, 5) is 15.7. The van der Waals surface area contributed by atoms with Crippen molar-refractivity contribution in [1.29, 1.82) is 0 Å². The molecule has 0 radical (unpaired) electrons. The van der Waals surface area contributed by atoms with Crippen LogP contribution in [0.15, 0.2) is 30.6 Å². The monoisotopic (exact) mass is 286 g/mol. The number of pyridine rings is 1. The third-order valence-electron chi connectivity index (χ3n) is 3.14. The van der Waals surface area contributed by atoms with Gasteiger partial charge in [0.05, 0.1) is 12.2 Å². The van der Waals surface area contributed by atoms with Gasteiger partial charge in [0.2, 0.25) is 0 Å². The molecule has 0 saturated carbocycles. The Morgan fingerprint density at radius 3 is 3.05 bits per heavy atom. The lowest BCUT2D eigenvalue weighted by atomic mass is 10.3. The van der Waals surface area contributed by atoms with Crippen molar-refractivity contribution in [3.63, 3.8) is 0 Å². The highest BCUT2D eigenvalue weighted by atomic mass is 16.5. The standard InChI is InChI=1S/C13H14N6O2/c1-8-3-2-6-19-11(9-4-5-15-17-9)12(16-13(8)19)14-7-10(20)18-21/h2-6,14,21H,7H2,1H3,(H,15,17)(H,18,20). The summed E-state index contributed by atoms with van der Waals surface area (Å²) in [5, 5.41) is 18.3. The minimum Gasteiger partial charge on any atom is -0.359 e. The first kappa shape index (κ1) is 13.1. The Kier molecular flexibility index (Phi) is 3.28. The van der Waals surface area contributed by atoms with Gasteiger partial charge in [-0.05, 0) is 24.6 Å². The van der Waals surface area contributed by atoms with Crippen LogP contribution in [0.3, 0.4) is 0 Å². The van der Waals surface area contributed by atoms with Crippen molar-refractivity contribution in [2.45, 2.75) is 6.92 Å². The van der Waals surface area contributed by atoms with Crippen molar-refractivity contribution in [3.8, 4) is 11.4 Å². The molecule has 0 aromatic carbocycles. The van der Waals surface area contributed by atoms with E-state index in [0.29, 0.717) is 5.82 Å². The smallest absolute Gasteiger partial charge is 0.262 e. The van der Waals surface area contributed by atoms with Gasteiger partial charge >= 0.3 is 0 Å². The van der Waals surface area contributed by atoms with Crippen LogP contribution in [0, 0.1) is 6.92 Å². The molecule has 0 bridgehead atoms. The maximum absolute atomic E-state index is 11.2. The van der Waals surface area contributed by atoms with Gasteiger partial charge in [-0.1, -0.05) is 6.07 Å². The number of imidazole rings is 1. The Bertz CT molecular complexity index is 777. The summed E-state index contributed by atoms with van der Waals surface area (Å²) in [7, 11) is 0. The second-order valence-corrected chi connectivity index (χ2v) is 4.55. The first-order valence-electron chi connectivity index (χ1n) is 6.35. The first-order valence-corrected chi connectivity index (χ1v) is 6.35. The average Bonchev–Trinajstić information content (AvgIpc) is 3.11. The van der Waals surface area contributed by atoms with Crippen molar-refractivity contribution in [3.05, 3.63) is 36.2 Å². The summed E-state index contributed by atoms with van der Waals surface area (Å²) in [5.41, 5.74) is 4.93. The van der Waals surface area contributed by atoms with E-state index in [1.54, 1.807) is 11.7 Å². The van der Waals surface area contributed by atoms with Gasteiger partial charge in [0.1, 0.15) is 11.3 Å². The Morgan fingerprint density at radius 1 is 1.48 bits per heavy atom. The van der Waals surface area contributed by atoms with E-state index in [1.165, 1.54) is 0 Å². The number of carbonyl (C=O) groups excluding carboxylic acids is 1. The number of nitrogens with zero attached hydrogens (tertiary/aromatic N) is 3. The number of rotatable bonds is 4. The van der Waals surface area contributed by atoms with Crippen LogP contribution in [-0.2, 0) is 4.79 Å². The molecule has 3 heterocycles. The molecule has 21 heavy (non-hydrogen) atoms. The summed E-state index contributed by atoms with van der Waals surface area (Å²) >= 11 is 0. The fourth-order valence-electron chi connectivity index (χ4n) is 2.18. The topological polar surface area (TPSA) is 107 Å². The molecule has 4 N–H and O–H groups in total. The summed E-state index contributed by atoms with van der Waals surface area (Å²) in [5.74, 6) is -0.00325. The molecule has 3 aromatic rings. The zero-order valence-electron chi connectivity index (χ0n) is 11.3. The Balaban J connectivity index is 2.11. The van der Waals surface area contributed by atoms with Crippen LogP contribution in [0.25, 0.3) is 17.0 Å². The van der Waals surface area contributed by atoms with Gasteiger partial charge in [-0.15, -0.1) is 0 Å². The first-order chi connectivity index (χ1) is 10.2. The van der Waals surface area contributed by atoms with Crippen molar-refractivity contribution >= 4 is 17.4 Å². The van der Waals surface area contributed by atoms with Crippen molar-refractivity contribution in [2.75, 3.05) is 11.9 Å². The fraction of sp³-hybridized carbons (Fsp3) is 0.154. The predicted octanol–water partition coefficient (Wildman–Crippen LogP) is 0.950. The minimum absolute atomic E-state index is 0.0828. The van der Waals surface area contributed by atoms with Gasteiger partial charge in [0.25, 0.3) is 5.91 Å². The number of aromatic amines is 1. The Morgan fingerprint density at radius 2 is 2.33 bits per heavy atom. The predicted molar refractivity (Wildman–Crippen MR) is 75.9 cm³/mol. The molecule has 0 saturated heterocycles. The zero-order valence-corrected chi connectivity index (χ0v) is 11.3. The van der Waals surface area contributed by atoms with Crippen LogP contribution in [0.5, 0.6) is 0 Å². The SMILES string of the molecule is Cc1cccn2c(-c3ccn[nH]3)c(NCC(=O)NO)nc12. The van der Waals surface area contributed by atoms with Crippen LogP contribution < -0.4 is 10.8 Å². The van der Waals surface area contributed by atoms with Gasteiger partial charge in [-0.25, -0.2) is 10.5 Å². The Labute approximate surface area is 119 Å². The van der Waals surface area contributed by atoms with E-state index < -0.39 is 5.91 Å². The third kappa shape index (κ3) is 2.32. The van der Waals surface area contributed by atoms with Crippen molar-refractivity contribution < 1.29 is 10.0 Å². The van der Waals surface area contributed by atoms with Crippen molar-refractivity contribution in [1.82, 2.24) is 25.1 Å².